The van der Waals surface area contributed by atoms with Gasteiger partial charge in [0.25, 0.3) is 0 Å². The van der Waals surface area contributed by atoms with Crippen LogP contribution >= 0.6 is 0 Å². The van der Waals surface area contributed by atoms with Gasteiger partial charge in [-0.2, -0.15) is 0 Å². The molecule has 0 atom stereocenters. The third-order valence-electron chi connectivity index (χ3n) is 1.88. The standard InChI is InChI=1S/C12H14O4/c1-9(14)16-12-8-11(15-2)6-5-10(12)4-3-7-13/h3-6,8,13H,7H2,1-2H3/b4-3-. The van der Waals surface area contributed by atoms with Crippen molar-refractivity contribution in [2.24, 2.45) is 0 Å². The number of hydrogen-bond acceptors (Lipinski definition) is 4. The van der Waals surface area contributed by atoms with Crippen molar-refractivity contribution >= 4 is 12.0 Å². The van der Waals surface area contributed by atoms with E-state index in [4.69, 9.17) is 14.6 Å². The molecule has 0 spiro atoms. The molecule has 0 bridgehead atoms. The summed E-state index contributed by atoms with van der Waals surface area (Å²) in [6, 6.07) is 5.13. The molecule has 1 aromatic carbocycles. The van der Waals surface area contributed by atoms with Crippen molar-refractivity contribution < 1.29 is 19.4 Å². The predicted octanol–water partition coefficient (Wildman–Crippen LogP) is 1.63. The third kappa shape index (κ3) is 3.40. The molecule has 0 fully saturated rings. The number of rotatable bonds is 4. The summed E-state index contributed by atoms with van der Waals surface area (Å²) >= 11 is 0. The van der Waals surface area contributed by atoms with Crippen LogP contribution in [-0.2, 0) is 4.79 Å². The Labute approximate surface area is 94.1 Å². The Kier molecular flexibility index (Phi) is 4.54. The molecule has 0 heterocycles. The molecule has 0 saturated carbocycles. The van der Waals surface area contributed by atoms with Crippen LogP contribution in [-0.4, -0.2) is 24.8 Å². The lowest BCUT2D eigenvalue weighted by Gasteiger charge is -2.07. The SMILES string of the molecule is COc1ccc(/C=C\CO)c(OC(C)=O)c1. The second-order valence-corrected chi connectivity index (χ2v) is 3.08. The molecule has 0 aliphatic rings. The van der Waals surface area contributed by atoms with Gasteiger partial charge in [0.05, 0.1) is 13.7 Å². The van der Waals surface area contributed by atoms with Crippen molar-refractivity contribution in [1.82, 2.24) is 0 Å². The van der Waals surface area contributed by atoms with E-state index in [-0.39, 0.29) is 6.61 Å². The van der Waals surface area contributed by atoms with Crippen molar-refractivity contribution in [3.05, 3.63) is 29.8 Å². The molecule has 16 heavy (non-hydrogen) atoms. The summed E-state index contributed by atoms with van der Waals surface area (Å²) < 4.78 is 10.1. The summed E-state index contributed by atoms with van der Waals surface area (Å²) in [6.45, 7) is 1.27. The minimum Gasteiger partial charge on any atom is -0.497 e. The van der Waals surface area contributed by atoms with Gasteiger partial charge in [-0.15, -0.1) is 0 Å². The van der Waals surface area contributed by atoms with Crippen LogP contribution in [0.25, 0.3) is 6.08 Å². The molecule has 0 aliphatic carbocycles. The smallest absolute Gasteiger partial charge is 0.308 e. The van der Waals surface area contributed by atoms with Crippen LogP contribution in [0, 0.1) is 0 Å². The fourth-order valence-corrected chi connectivity index (χ4v) is 1.20. The van der Waals surface area contributed by atoms with E-state index in [2.05, 4.69) is 0 Å². The van der Waals surface area contributed by atoms with E-state index >= 15 is 0 Å². The first-order valence-corrected chi connectivity index (χ1v) is 4.81. The van der Waals surface area contributed by atoms with Gasteiger partial charge in [0.1, 0.15) is 11.5 Å². The summed E-state index contributed by atoms with van der Waals surface area (Å²) in [5.41, 5.74) is 0.713. The number of methoxy groups -OCH3 is 1. The van der Waals surface area contributed by atoms with E-state index in [0.29, 0.717) is 17.1 Å². The van der Waals surface area contributed by atoms with Crippen LogP contribution < -0.4 is 9.47 Å². The number of esters is 1. The average Bonchev–Trinajstić information content (AvgIpc) is 2.26. The molecule has 0 aliphatic heterocycles. The molecule has 1 N–H and O–H groups in total. The first kappa shape index (κ1) is 12.3. The van der Waals surface area contributed by atoms with E-state index < -0.39 is 5.97 Å². The molecule has 1 rings (SSSR count). The number of carbonyl (C=O) groups excluding carboxylic acids is 1. The van der Waals surface area contributed by atoms with Crippen LogP contribution in [0.5, 0.6) is 11.5 Å². The highest BCUT2D eigenvalue weighted by Crippen LogP contribution is 2.26. The molecule has 0 amide bonds. The third-order valence-corrected chi connectivity index (χ3v) is 1.88. The summed E-state index contributed by atoms with van der Waals surface area (Å²) in [4.78, 5) is 10.9. The second kappa shape index (κ2) is 5.92. The largest absolute Gasteiger partial charge is 0.497 e. The summed E-state index contributed by atoms with van der Waals surface area (Å²) in [5.74, 6) is 0.626. The normalized spacial score (nSPS) is 10.4. The van der Waals surface area contributed by atoms with Crippen LogP contribution in [0.15, 0.2) is 24.3 Å². The Morgan fingerprint density at radius 1 is 1.50 bits per heavy atom. The van der Waals surface area contributed by atoms with Gasteiger partial charge in [-0.05, 0) is 12.1 Å². The van der Waals surface area contributed by atoms with Crippen molar-refractivity contribution in [3.8, 4) is 11.5 Å². The molecule has 86 valence electrons. The highest BCUT2D eigenvalue weighted by molar-refractivity contribution is 5.72. The Balaban J connectivity index is 3.05. The van der Waals surface area contributed by atoms with Gasteiger partial charge in [0.2, 0.25) is 0 Å². The summed E-state index contributed by atoms with van der Waals surface area (Å²) in [7, 11) is 1.54. The monoisotopic (exact) mass is 222 g/mol. The first-order chi connectivity index (χ1) is 7.67. The number of aliphatic hydroxyl groups excluding tert-OH is 1. The minimum atomic E-state index is -0.396. The lowest BCUT2D eigenvalue weighted by molar-refractivity contribution is -0.131. The van der Waals surface area contributed by atoms with E-state index in [9.17, 15) is 4.79 Å². The molecule has 4 nitrogen and oxygen atoms in total. The second-order valence-electron chi connectivity index (χ2n) is 3.08. The van der Waals surface area contributed by atoms with Crippen molar-refractivity contribution in [3.63, 3.8) is 0 Å². The number of ether oxygens (including phenoxy) is 2. The molecule has 1 aromatic rings. The summed E-state index contributed by atoms with van der Waals surface area (Å²) in [6.07, 6.45) is 3.24. The molecule has 0 saturated heterocycles. The van der Waals surface area contributed by atoms with E-state index in [0.717, 1.165) is 0 Å². The van der Waals surface area contributed by atoms with Crippen LogP contribution in [0.2, 0.25) is 0 Å². The van der Waals surface area contributed by atoms with E-state index in [1.165, 1.54) is 14.0 Å². The lowest BCUT2D eigenvalue weighted by Crippen LogP contribution is -2.03. The number of benzene rings is 1. The number of aliphatic hydroxyl groups is 1. The van der Waals surface area contributed by atoms with Crippen molar-refractivity contribution in [2.45, 2.75) is 6.92 Å². The highest BCUT2D eigenvalue weighted by atomic mass is 16.5. The Hall–Kier alpha value is -1.81. The fraction of sp³-hybridized carbons (Fsp3) is 0.250. The molecule has 0 unspecified atom stereocenters. The van der Waals surface area contributed by atoms with Gasteiger partial charge in [-0.3, -0.25) is 4.79 Å². The lowest BCUT2D eigenvalue weighted by atomic mass is 10.2. The van der Waals surface area contributed by atoms with Crippen LogP contribution in [0.1, 0.15) is 12.5 Å². The molecule has 0 aromatic heterocycles. The van der Waals surface area contributed by atoms with E-state index in [1.54, 1.807) is 30.4 Å². The maximum absolute atomic E-state index is 10.9. The Morgan fingerprint density at radius 2 is 2.25 bits per heavy atom. The number of hydrogen-bond donors (Lipinski definition) is 1. The average molecular weight is 222 g/mol. The Bertz CT molecular complexity index is 396. The van der Waals surface area contributed by atoms with Gasteiger partial charge in [0, 0.05) is 18.6 Å². The van der Waals surface area contributed by atoms with Gasteiger partial charge in [-0.25, -0.2) is 0 Å². The minimum absolute atomic E-state index is 0.0639. The van der Waals surface area contributed by atoms with Gasteiger partial charge in [0.15, 0.2) is 0 Å². The maximum atomic E-state index is 10.9. The van der Waals surface area contributed by atoms with Crippen molar-refractivity contribution in [2.75, 3.05) is 13.7 Å². The van der Waals surface area contributed by atoms with Crippen LogP contribution in [0.4, 0.5) is 0 Å². The quantitative estimate of drug-likeness (QED) is 0.621. The number of carbonyl (C=O) groups is 1. The Morgan fingerprint density at radius 3 is 2.81 bits per heavy atom. The van der Waals surface area contributed by atoms with Gasteiger partial charge >= 0.3 is 5.97 Å². The summed E-state index contributed by atoms with van der Waals surface area (Å²) in [5, 5.41) is 8.68. The maximum Gasteiger partial charge on any atom is 0.308 e. The first-order valence-electron chi connectivity index (χ1n) is 4.81. The fourth-order valence-electron chi connectivity index (χ4n) is 1.20. The van der Waals surface area contributed by atoms with E-state index in [1.807, 2.05) is 0 Å². The molecule has 0 radical (unpaired) electrons. The molecule has 4 heteroatoms. The van der Waals surface area contributed by atoms with Crippen LogP contribution in [0.3, 0.4) is 0 Å². The highest BCUT2D eigenvalue weighted by Gasteiger charge is 2.05. The van der Waals surface area contributed by atoms with Gasteiger partial charge < -0.3 is 14.6 Å². The van der Waals surface area contributed by atoms with Crippen molar-refractivity contribution in [1.29, 1.82) is 0 Å². The molecular weight excluding hydrogens is 208 g/mol. The topological polar surface area (TPSA) is 55.8 Å². The zero-order valence-electron chi connectivity index (χ0n) is 9.27. The molecular formula is C12H14O4. The van der Waals surface area contributed by atoms with Gasteiger partial charge in [-0.1, -0.05) is 12.2 Å². The zero-order chi connectivity index (χ0) is 12.0. The predicted molar refractivity (Wildman–Crippen MR) is 60.4 cm³/mol. The zero-order valence-corrected chi connectivity index (χ0v) is 9.27.